The lowest BCUT2D eigenvalue weighted by molar-refractivity contribution is 0.0675. The molecule has 0 fully saturated rings. The zero-order valence-corrected chi connectivity index (χ0v) is 26.2. The third-order valence-electron chi connectivity index (χ3n) is 8.41. The fraction of sp³-hybridized carbons (Fsp3) is 0.243. The smallest absolute Gasteiger partial charge is 0.275 e. The fourth-order valence-electron chi connectivity index (χ4n) is 6.30. The van der Waals surface area contributed by atoms with Gasteiger partial charge < -0.3 is 20.3 Å². The largest absolute Gasteiger partial charge is 0.456 e. The number of benzene rings is 4. The van der Waals surface area contributed by atoms with Crippen molar-refractivity contribution in [3.05, 3.63) is 118 Å². The molecule has 0 saturated heterocycles. The molecule has 0 atom stereocenters. The van der Waals surface area contributed by atoms with Crippen molar-refractivity contribution in [2.75, 3.05) is 42.7 Å². The van der Waals surface area contributed by atoms with Crippen LogP contribution in [0.25, 0.3) is 6.08 Å². The number of rotatable bonds is 8. The Bertz CT molecular complexity index is 1730. The van der Waals surface area contributed by atoms with Gasteiger partial charge in [-0.05, 0) is 80.8 Å². The van der Waals surface area contributed by atoms with Crippen molar-refractivity contribution < 1.29 is 9.53 Å². The molecule has 2 heterocycles. The second-order valence-electron chi connectivity index (χ2n) is 11.5. The number of amides is 1. The monoisotopic (exact) mass is 585 g/mol. The van der Waals surface area contributed by atoms with Crippen LogP contribution in [0.2, 0.25) is 0 Å². The molecule has 0 unspecified atom stereocenters. The molecule has 0 aliphatic carbocycles. The van der Waals surface area contributed by atoms with Gasteiger partial charge in [-0.3, -0.25) is 4.79 Å². The second-order valence-corrected chi connectivity index (χ2v) is 11.5. The molecule has 0 aromatic heterocycles. The fourth-order valence-corrected chi connectivity index (χ4v) is 6.30. The number of ether oxygens (including phenoxy) is 1. The van der Waals surface area contributed by atoms with Gasteiger partial charge in [0.1, 0.15) is 17.0 Å². The number of hydrogen-bond donors (Lipinski definition) is 2. The summed E-state index contributed by atoms with van der Waals surface area (Å²) in [6.45, 7) is 9.90. The summed E-state index contributed by atoms with van der Waals surface area (Å²) in [6.07, 6.45) is 5.59. The van der Waals surface area contributed by atoms with Gasteiger partial charge in [-0.25, -0.2) is 5.01 Å². The highest BCUT2D eigenvalue weighted by Crippen LogP contribution is 2.58. The summed E-state index contributed by atoms with van der Waals surface area (Å²) >= 11 is 0. The van der Waals surface area contributed by atoms with Gasteiger partial charge >= 0.3 is 0 Å². The van der Waals surface area contributed by atoms with Crippen LogP contribution < -0.4 is 20.3 Å². The number of carbonyl (C=O) groups excluding carboxylic acids is 1. The molecule has 224 valence electrons. The van der Waals surface area contributed by atoms with Gasteiger partial charge in [0, 0.05) is 84.8 Å². The van der Waals surface area contributed by atoms with Crippen molar-refractivity contribution in [2.24, 2.45) is 5.10 Å². The van der Waals surface area contributed by atoms with E-state index in [0.29, 0.717) is 17.1 Å². The molecule has 7 nitrogen and oxygen atoms in total. The molecule has 4 aromatic carbocycles. The first-order valence-electron chi connectivity index (χ1n) is 15.2. The predicted octanol–water partition coefficient (Wildman–Crippen LogP) is 7.79. The van der Waals surface area contributed by atoms with E-state index in [1.807, 2.05) is 50.5 Å². The quantitative estimate of drug-likeness (QED) is 0.207. The minimum atomic E-state index is -1.01. The molecule has 6 rings (SSSR count). The first-order chi connectivity index (χ1) is 21.3. The van der Waals surface area contributed by atoms with Gasteiger partial charge in [0.25, 0.3) is 5.91 Å². The summed E-state index contributed by atoms with van der Waals surface area (Å²) < 4.78 is 6.67. The van der Waals surface area contributed by atoms with Crippen molar-refractivity contribution in [1.82, 2.24) is 5.01 Å². The van der Waals surface area contributed by atoms with Crippen LogP contribution in [-0.2, 0) is 5.54 Å². The Morgan fingerprint density at radius 3 is 2.00 bits per heavy atom. The zero-order chi connectivity index (χ0) is 31.0. The van der Waals surface area contributed by atoms with E-state index in [-0.39, 0.29) is 5.91 Å². The second kappa shape index (κ2) is 11.6. The van der Waals surface area contributed by atoms with Gasteiger partial charge in [-0.2, -0.15) is 5.10 Å². The highest BCUT2D eigenvalue weighted by molar-refractivity contribution is 6.03. The Kier molecular flexibility index (Phi) is 7.64. The van der Waals surface area contributed by atoms with Crippen molar-refractivity contribution in [3.63, 3.8) is 0 Å². The van der Waals surface area contributed by atoms with Crippen LogP contribution in [0.3, 0.4) is 0 Å². The van der Waals surface area contributed by atoms with Crippen LogP contribution in [0, 0.1) is 13.8 Å². The van der Waals surface area contributed by atoms with Gasteiger partial charge in [0.15, 0.2) is 0 Å². The highest BCUT2D eigenvalue weighted by Gasteiger charge is 2.57. The lowest BCUT2D eigenvalue weighted by atomic mass is 9.74. The van der Waals surface area contributed by atoms with Gasteiger partial charge in [-0.1, -0.05) is 36.4 Å². The zero-order valence-electron chi connectivity index (χ0n) is 26.2. The number of fused-ring (bicyclic) bond motifs is 6. The maximum absolute atomic E-state index is 14.3. The van der Waals surface area contributed by atoms with Gasteiger partial charge in [-0.15, -0.1) is 0 Å². The molecular formula is C37H39N5O2. The number of nitrogens with zero attached hydrogens (tertiary/aromatic N) is 3. The first kappa shape index (κ1) is 29.1. The number of hydrazone groups is 1. The standard InChI is InChI=1S/C37H39N5O2/c1-7-38-32-22-34-30(20-24(32)3)37(31-21-25(4)33(39-8-2)23-35(31)44-34)29-14-10-9-13-28(29)36(43)42(37)40-19-11-12-26-15-17-27(18-16-26)41(5)6/h9-23,38-39H,7-8H2,1-6H3/b12-11+,40-19+. The molecular weight excluding hydrogens is 546 g/mol. The van der Waals surface area contributed by atoms with Crippen molar-refractivity contribution in [1.29, 1.82) is 0 Å². The van der Waals surface area contributed by atoms with Crippen molar-refractivity contribution in [3.8, 4) is 11.5 Å². The first-order valence-corrected chi connectivity index (χ1v) is 15.2. The van der Waals surface area contributed by atoms with E-state index >= 15 is 0 Å². The predicted molar refractivity (Wildman–Crippen MR) is 182 cm³/mol. The number of anilines is 3. The van der Waals surface area contributed by atoms with E-state index in [1.54, 1.807) is 11.2 Å². The van der Waals surface area contributed by atoms with E-state index in [2.05, 4.69) is 91.8 Å². The topological polar surface area (TPSA) is 69.2 Å². The molecule has 0 bridgehead atoms. The molecule has 2 N–H and O–H groups in total. The van der Waals surface area contributed by atoms with Crippen LogP contribution in [0.5, 0.6) is 11.5 Å². The SMILES string of the molecule is CCNc1cc2c(cc1C)C1(c3cc(C)c(NCC)cc3O2)c2ccccc2C(=O)N1/N=C/C=C/c1ccc(N(C)C)cc1. The Balaban J connectivity index is 1.55. The molecule has 1 amide bonds. The van der Waals surface area contributed by atoms with Crippen molar-refractivity contribution in [2.45, 2.75) is 33.2 Å². The Hall–Kier alpha value is -5.04. The van der Waals surface area contributed by atoms with E-state index in [9.17, 15) is 4.79 Å². The maximum atomic E-state index is 14.3. The minimum Gasteiger partial charge on any atom is -0.456 e. The summed E-state index contributed by atoms with van der Waals surface area (Å²) in [5.74, 6) is 1.25. The summed E-state index contributed by atoms with van der Waals surface area (Å²) in [5, 5.41) is 13.5. The molecule has 44 heavy (non-hydrogen) atoms. The van der Waals surface area contributed by atoms with Gasteiger partial charge in [0.05, 0.1) is 0 Å². The number of carbonyl (C=O) groups is 1. The highest BCUT2D eigenvalue weighted by atomic mass is 16.5. The van der Waals surface area contributed by atoms with Gasteiger partial charge in [0.2, 0.25) is 0 Å². The lowest BCUT2D eigenvalue weighted by Gasteiger charge is -2.42. The van der Waals surface area contributed by atoms with E-state index in [0.717, 1.165) is 63.5 Å². The number of aryl methyl sites for hydroxylation is 2. The number of nitrogens with one attached hydrogen (secondary N) is 2. The average molecular weight is 586 g/mol. The molecule has 4 aromatic rings. The number of hydrogen-bond acceptors (Lipinski definition) is 6. The lowest BCUT2D eigenvalue weighted by Crippen LogP contribution is -2.44. The molecule has 7 heteroatoms. The van der Waals surface area contributed by atoms with Crippen molar-refractivity contribution >= 4 is 35.3 Å². The molecule has 2 aliphatic rings. The molecule has 0 saturated carbocycles. The summed E-state index contributed by atoms with van der Waals surface area (Å²) in [7, 11) is 4.05. The van der Waals surface area contributed by atoms with Crippen LogP contribution in [-0.4, -0.2) is 44.3 Å². The Morgan fingerprint density at radius 1 is 0.841 bits per heavy atom. The Morgan fingerprint density at radius 2 is 1.43 bits per heavy atom. The van der Waals surface area contributed by atoms with E-state index < -0.39 is 5.54 Å². The summed E-state index contributed by atoms with van der Waals surface area (Å²) in [4.78, 5) is 16.4. The molecule has 1 spiro atoms. The maximum Gasteiger partial charge on any atom is 0.275 e. The normalized spacial score (nSPS) is 14.5. The molecule has 0 radical (unpaired) electrons. The van der Waals surface area contributed by atoms with Crippen LogP contribution in [0.15, 0.2) is 84.0 Å². The molecule has 2 aliphatic heterocycles. The van der Waals surface area contributed by atoms with Crippen LogP contribution in [0.1, 0.15) is 57.6 Å². The van der Waals surface area contributed by atoms with Crippen LogP contribution >= 0.6 is 0 Å². The number of allylic oxidation sites excluding steroid dienone is 1. The Labute approximate surface area is 259 Å². The van der Waals surface area contributed by atoms with E-state index in [1.165, 1.54) is 0 Å². The minimum absolute atomic E-state index is 0.152. The third kappa shape index (κ3) is 4.69. The third-order valence-corrected chi connectivity index (χ3v) is 8.41. The average Bonchev–Trinajstić information content (AvgIpc) is 3.26. The summed E-state index contributed by atoms with van der Waals surface area (Å²) in [5.41, 5.74) is 8.61. The van der Waals surface area contributed by atoms with Crippen LogP contribution in [0.4, 0.5) is 17.1 Å². The summed E-state index contributed by atoms with van der Waals surface area (Å²) in [6, 6.07) is 24.5. The van der Waals surface area contributed by atoms with E-state index in [4.69, 9.17) is 9.84 Å².